The molecule has 2 aliphatic rings. The molecular formula is C23H34ClN3O3. The fourth-order valence-electron chi connectivity index (χ4n) is 4.34. The van der Waals surface area contributed by atoms with E-state index in [2.05, 4.69) is 5.32 Å². The van der Waals surface area contributed by atoms with Crippen molar-refractivity contribution in [2.24, 2.45) is 11.3 Å². The SMILES string of the molecule is CN(C)C(=O)c1ccc(NCCC2CC23CCN(C(=O)OC(C)(C)C)CC3)cc1Cl. The lowest BCUT2D eigenvalue weighted by atomic mass is 9.90. The van der Waals surface area contributed by atoms with Gasteiger partial charge in [-0.25, -0.2) is 4.79 Å². The maximum atomic E-state index is 12.2. The minimum atomic E-state index is -0.444. The van der Waals surface area contributed by atoms with Crippen molar-refractivity contribution < 1.29 is 14.3 Å². The van der Waals surface area contributed by atoms with Gasteiger partial charge in [-0.15, -0.1) is 0 Å². The Bertz CT molecular complexity index is 795. The average Bonchev–Trinajstić information content (AvgIpc) is 3.31. The van der Waals surface area contributed by atoms with E-state index in [9.17, 15) is 9.59 Å². The lowest BCUT2D eigenvalue weighted by Crippen LogP contribution is -2.42. The molecule has 0 aromatic heterocycles. The molecule has 7 heteroatoms. The van der Waals surface area contributed by atoms with Crippen LogP contribution < -0.4 is 5.32 Å². The van der Waals surface area contributed by atoms with Gasteiger partial charge in [0.1, 0.15) is 5.60 Å². The molecule has 1 unspecified atom stereocenters. The first-order chi connectivity index (χ1) is 14.0. The van der Waals surface area contributed by atoms with E-state index < -0.39 is 5.60 Å². The largest absolute Gasteiger partial charge is 0.444 e. The molecule has 1 atom stereocenters. The van der Waals surface area contributed by atoms with Crippen molar-refractivity contribution in [3.8, 4) is 0 Å². The van der Waals surface area contributed by atoms with Crippen LogP contribution in [0.25, 0.3) is 0 Å². The van der Waals surface area contributed by atoms with Crippen molar-refractivity contribution in [3.63, 3.8) is 0 Å². The summed E-state index contributed by atoms with van der Waals surface area (Å²) in [6.45, 7) is 8.16. The molecule has 0 bridgehead atoms. The summed E-state index contributed by atoms with van der Waals surface area (Å²) in [6, 6.07) is 5.50. The van der Waals surface area contributed by atoms with Gasteiger partial charge in [0.05, 0.1) is 10.6 Å². The zero-order valence-corrected chi connectivity index (χ0v) is 19.5. The van der Waals surface area contributed by atoms with E-state index in [0.717, 1.165) is 44.6 Å². The number of nitrogens with zero attached hydrogens (tertiary/aromatic N) is 2. The Balaban J connectivity index is 1.42. The van der Waals surface area contributed by atoms with Crippen LogP contribution in [0.2, 0.25) is 5.02 Å². The molecule has 1 aromatic carbocycles. The first kappa shape index (κ1) is 22.7. The molecule has 1 saturated carbocycles. The van der Waals surface area contributed by atoms with E-state index >= 15 is 0 Å². The molecule has 1 N–H and O–H groups in total. The lowest BCUT2D eigenvalue weighted by molar-refractivity contribution is 0.0165. The third kappa shape index (κ3) is 5.39. The third-order valence-corrected chi connectivity index (χ3v) is 6.51. The van der Waals surface area contributed by atoms with E-state index in [-0.39, 0.29) is 12.0 Å². The molecule has 1 saturated heterocycles. The van der Waals surface area contributed by atoms with E-state index in [1.165, 1.54) is 11.3 Å². The van der Waals surface area contributed by atoms with Gasteiger partial charge in [0, 0.05) is 39.4 Å². The van der Waals surface area contributed by atoms with Crippen molar-refractivity contribution in [2.45, 2.75) is 52.1 Å². The quantitative estimate of drug-likeness (QED) is 0.715. The number of hydrogen-bond acceptors (Lipinski definition) is 4. The van der Waals surface area contributed by atoms with Crippen LogP contribution in [0.4, 0.5) is 10.5 Å². The second-order valence-electron chi connectivity index (χ2n) is 9.84. The molecule has 1 aliphatic heterocycles. The normalized spacial score (nSPS) is 20.1. The number of likely N-dealkylation sites (tertiary alicyclic amines) is 1. The molecule has 6 nitrogen and oxygen atoms in total. The van der Waals surface area contributed by atoms with Crippen molar-refractivity contribution in [1.29, 1.82) is 0 Å². The molecule has 1 aromatic rings. The Morgan fingerprint density at radius 2 is 1.93 bits per heavy atom. The highest BCUT2D eigenvalue weighted by Crippen LogP contribution is 2.60. The molecule has 3 rings (SSSR count). The van der Waals surface area contributed by atoms with Gasteiger partial charge in [0.15, 0.2) is 0 Å². The molecule has 1 aliphatic carbocycles. The van der Waals surface area contributed by atoms with E-state index in [1.807, 2.05) is 37.8 Å². The van der Waals surface area contributed by atoms with Gasteiger partial charge >= 0.3 is 6.09 Å². The van der Waals surface area contributed by atoms with E-state index in [0.29, 0.717) is 21.9 Å². The Morgan fingerprint density at radius 3 is 2.50 bits per heavy atom. The summed E-state index contributed by atoms with van der Waals surface area (Å²) in [5.74, 6) is 0.611. The Kier molecular flexibility index (Phi) is 6.56. The fraction of sp³-hybridized carbons (Fsp3) is 0.652. The van der Waals surface area contributed by atoms with Crippen LogP contribution in [-0.4, -0.2) is 61.1 Å². The van der Waals surface area contributed by atoms with Crippen LogP contribution in [0, 0.1) is 11.3 Å². The maximum Gasteiger partial charge on any atom is 0.410 e. The number of benzene rings is 1. The van der Waals surface area contributed by atoms with Crippen LogP contribution >= 0.6 is 11.6 Å². The minimum Gasteiger partial charge on any atom is -0.444 e. The summed E-state index contributed by atoms with van der Waals surface area (Å²) >= 11 is 6.29. The van der Waals surface area contributed by atoms with Crippen molar-refractivity contribution >= 4 is 29.3 Å². The smallest absolute Gasteiger partial charge is 0.410 e. The van der Waals surface area contributed by atoms with Crippen molar-refractivity contribution in [2.75, 3.05) is 39.0 Å². The van der Waals surface area contributed by atoms with Crippen LogP contribution in [0.5, 0.6) is 0 Å². The highest BCUT2D eigenvalue weighted by molar-refractivity contribution is 6.34. The highest BCUT2D eigenvalue weighted by Gasteiger charge is 2.54. The number of carbonyl (C=O) groups is 2. The average molecular weight is 436 g/mol. The van der Waals surface area contributed by atoms with Crippen LogP contribution in [0.15, 0.2) is 18.2 Å². The Hall–Kier alpha value is -1.95. The van der Waals surface area contributed by atoms with Gasteiger partial charge in [-0.3, -0.25) is 4.79 Å². The van der Waals surface area contributed by atoms with Gasteiger partial charge in [-0.1, -0.05) is 11.6 Å². The molecule has 1 spiro atoms. The van der Waals surface area contributed by atoms with Gasteiger partial charge < -0.3 is 19.9 Å². The standard InChI is InChI=1S/C23H34ClN3O3/c1-22(2,3)30-21(29)27-12-9-23(10-13-27)15-16(23)8-11-25-17-6-7-18(19(24)14-17)20(28)26(4)5/h6-7,14,16,25H,8-13,15H2,1-5H3. The van der Waals surface area contributed by atoms with Gasteiger partial charge in [0.2, 0.25) is 0 Å². The summed E-state index contributed by atoms with van der Waals surface area (Å²) < 4.78 is 5.49. The number of rotatable bonds is 5. The van der Waals surface area contributed by atoms with Gasteiger partial charge in [0.25, 0.3) is 5.91 Å². The minimum absolute atomic E-state index is 0.0933. The molecule has 2 amide bonds. The van der Waals surface area contributed by atoms with Crippen LogP contribution in [0.1, 0.15) is 56.8 Å². The summed E-state index contributed by atoms with van der Waals surface area (Å²) in [4.78, 5) is 27.7. The molecule has 0 radical (unpaired) electrons. The summed E-state index contributed by atoms with van der Waals surface area (Å²) in [7, 11) is 3.43. The van der Waals surface area contributed by atoms with E-state index in [1.54, 1.807) is 20.2 Å². The number of ether oxygens (including phenoxy) is 1. The topological polar surface area (TPSA) is 61.9 Å². The molecule has 2 fully saturated rings. The predicted molar refractivity (Wildman–Crippen MR) is 120 cm³/mol. The molecular weight excluding hydrogens is 402 g/mol. The number of hydrogen-bond donors (Lipinski definition) is 1. The van der Waals surface area contributed by atoms with Crippen molar-refractivity contribution in [3.05, 3.63) is 28.8 Å². The highest BCUT2D eigenvalue weighted by atomic mass is 35.5. The number of amides is 2. The molecule has 30 heavy (non-hydrogen) atoms. The van der Waals surface area contributed by atoms with Crippen LogP contribution in [0.3, 0.4) is 0 Å². The fourth-order valence-corrected chi connectivity index (χ4v) is 4.61. The molecule has 166 valence electrons. The summed E-state index contributed by atoms with van der Waals surface area (Å²) in [5.41, 5.74) is 1.41. The predicted octanol–water partition coefficient (Wildman–Crippen LogP) is 4.88. The maximum absolute atomic E-state index is 12.2. The van der Waals surface area contributed by atoms with E-state index in [4.69, 9.17) is 16.3 Å². The van der Waals surface area contributed by atoms with Crippen molar-refractivity contribution in [1.82, 2.24) is 9.80 Å². The van der Waals surface area contributed by atoms with Gasteiger partial charge in [-0.2, -0.15) is 0 Å². The Labute approximate surface area is 184 Å². The first-order valence-electron chi connectivity index (χ1n) is 10.7. The summed E-state index contributed by atoms with van der Waals surface area (Å²) in [6.07, 6.45) is 4.27. The number of nitrogens with one attached hydrogen (secondary N) is 1. The van der Waals surface area contributed by atoms with Crippen LogP contribution in [-0.2, 0) is 4.74 Å². The number of halogens is 1. The lowest BCUT2D eigenvalue weighted by Gasteiger charge is -2.34. The number of piperidine rings is 1. The first-order valence-corrected chi connectivity index (χ1v) is 11.1. The molecule has 1 heterocycles. The second-order valence-corrected chi connectivity index (χ2v) is 10.2. The zero-order chi connectivity index (χ0) is 22.1. The monoisotopic (exact) mass is 435 g/mol. The number of anilines is 1. The number of carbonyl (C=O) groups excluding carboxylic acids is 2. The zero-order valence-electron chi connectivity index (χ0n) is 18.8. The third-order valence-electron chi connectivity index (χ3n) is 6.20. The van der Waals surface area contributed by atoms with Gasteiger partial charge in [-0.05, 0) is 76.0 Å². The summed E-state index contributed by atoms with van der Waals surface area (Å²) in [5, 5.41) is 3.90. The second kappa shape index (κ2) is 8.66. The Morgan fingerprint density at radius 1 is 1.27 bits per heavy atom.